The first-order chi connectivity index (χ1) is 13.8. The summed E-state index contributed by atoms with van der Waals surface area (Å²) in [4.78, 5) is 12.0. The van der Waals surface area contributed by atoms with Crippen LogP contribution in [0.25, 0.3) is 11.3 Å². The molecule has 5 nitrogen and oxygen atoms in total. The van der Waals surface area contributed by atoms with Crippen molar-refractivity contribution < 1.29 is 4.74 Å². The summed E-state index contributed by atoms with van der Waals surface area (Å²) in [5, 5.41) is 3.43. The maximum absolute atomic E-state index is 5.53. The van der Waals surface area contributed by atoms with Crippen molar-refractivity contribution in [1.82, 2.24) is 9.97 Å². The Morgan fingerprint density at radius 1 is 0.929 bits per heavy atom. The van der Waals surface area contributed by atoms with Crippen LogP contribution < -0.4 is 15.0 Å². The van der Waals surface area contributed by atoms with Crippen LogP contribution in [-0.2, 0) is 0 Å². The zero-order chi connectivity index (χ0) is 19.2. The highest BCUT2D eigenvalue weighted by molar-refractivity contribution is 5.67. The Bertz CT molecular complexity index is 890. The fraction of sp³-hybridized carbons (Fsp3) is 0.304. The summed E-state index contributed by atoms with van der Waals surface area (Å²) < 4.78 is 5.53. The molecule has 1 aliphatic heterocycles. The molecule has 0 saturated carbocycles. The van der Waals surface area contributed by atoms with E-state index < -0.39 is 0 Å². The number of nitrogens with one attached hydrogen (secondary N) is 1. The van der Waals surface area contributed by atoms with Gasteiger partial charge in [0, 0.05) is 30.4 Å². The normalized spacial score (nSPS) is 14.0. The lowest BCUT2D eigenvalue weighted by molar-refractivity contribution is 0.340. The zero-order valence-corrected chi connectivity index (χ0v) is 16.3. The molecule has 0 spiro atoms. The van der Waals surface area contributed by atoms with E-state index in [2.05, 4.69) is 22.3 Å². The van der Waals surface area contributed by atoms with Crippen molar-refractivity contribution in [3.8, 4) is 17.0 Å². The Labute approximate surface area is 166 Å². The van der Waals surface area contributed by atoms with Crippen molar-refractivity contribution in [3.05, 3.63) is 60.7 Å². The van der Waals surface area contributed by atoms with E-state index in [0.717, 1.165) is 47.5 Å². The lowest BCUT2D eigenvalue weighted by Gasteiger charge is -2.27. The van der Waals surface area contributed by atoms with Crippen molar-refractivity contribution in [3.63, 3.8) is 0 Å². The van der Waals surface area contributed by atoms with Crippen LogP contribution in [0.2, 0.25) is 0 Å². The largest absolute Gasteiger partial charge is 0.494 e. The van der Waals surface area contributed by atoms with Gasteiger partial charge in [0.25, 0.3) is 0 Å². The van der Waals surface area contributed by atoms with Gasteiger partial charge < -0.3 is 15.0 Å². The van der Waals surface area contributed by atoms with Crippen LogP contribution in [0.15, 0.2) is 60.7 Å². The van der Waals surface area contributed by atoms with Gasteiger partial charge in [-0.1, -0.05) is 30.3 Å². The van der Waals surface area contributed by atoms with Gasteiger partial charge in [0.2, 0.25) is 5.95 Å². The molecule has 144 valence electrons. The second-order valence-corrected chi connectivity index (χ2v) is 6.93. The van der Waals surface area contributed by atoms with Gasteiger partial charge in [0.05, 0.1) is 12.3 Å². The van der Waals surface area contributed by atoms with Gasteiger partial charge >= 0.3 is 0 Å². The molecule has 0 bridgehead atoms. The monoisotopic (exact) mass is 374 g/mol. The van der Waals surface area contributed by atoms with Gasteiger partial charge in [-0.25, -0.2) is 4.98 Å². The van der Waals surface area contributed by atoms with E-state index in [0.29, 0.717) is 6.61 Å². The smallest absolute Gasteiger partial charge is 0.227 e. The highest BCUT2D eigenvalue weighted by Gasteiger charge is 2.16. The fourth-order valence-electron chi connectivity index (χ4n) is 3.44. The molecule has 4 rings (SSSR count). The Morgan fingerprint density at radius 2 is 1.68 bits per heavy atom. The van der Waals surface area contributed by atoms with E-state index in [9.17, 15) is 0 Å². The second kappa shape index (κ2) is 8.74. The minimum atomic E-state index is 0.665. The predicted molar refractivity (Wildman–Crippen MR) is 114 cm³/mol. The van der Waals surface area contributed by atoms with E-state index in [1.807, 2.05) is 55.5 Å². The van der Waals surface area contributed by atoms with E-state index in [-0.39, 0.29) is 0 Å². The first kappa shape index (κ1) is 18.3. The van der Waals surface area contributed by atoms with Crippen LogP contribution in [0.5, 0.6) is 5.75 Å². The number of nitrogens with zero attached hydrogens (tertiary/aromatic N) is 3. The molecule has 2 heterocycles. The lowest BCUT2D eigenvalue weighted by atomic mass is 10.1. The molecule has 1 fully saturated rings. The average molecular weight is 374 g/mol. The number of rotatable bonds is 6. The standard InChI is InChI=1S/C23H26N4O/c1-2-28-20-13-11-19(12-14-20)24-22-17-21(18-9-5-3-6-10-18)25-23(26-22)27-15-7-4-8-16-27/h3,5-6,9-14,17H,2,4,7-8,15-16H2,1H3,(H,24,25,26). The van der Waals surface area contributed by atoms with Crippen LogP contribution in [-0.4, -0.2) is 29.7 Å². The molecule has 1 aromatic heterocycles. The van der Waals surface area contributed by atoms with Gasteiger partial charge in [0.15, 0.2) is 0 Å². The molecule has 3 aromatic rings. The quantitative estimate of drug-likeness (QED) is 0.636. The maximum Gasteiger partial charge on any atom is 0.227 e. The highest BCUT2D eigenvalue weighted by Crippen LogP contribution is 2.27. The van der Waals surface area contributed by atoms with E-state index in [4.69, 9.17) is 14.7 Å². The van der Waals surface area contributed by atoms with Crippen molar-refractivity contribution in [1.29, 1.82) is 0 Å². The van der Waals surface area contributed by atoms with Crippen LogP contribution in [0, 0.1) is 0 Å². The third kappa shape index (κ3) is 4.42. The second-order valence-electron chi connectivity index (χ2n) is 6.93. The minimum absolute atomic E-state index is 0.665. The summed E-state index contributed by atoms with van der Waals surface area (Å²) in [6.07, 6.45) is 3.67. The molecule has 1 aliphatic rings. The number of ether oxygens (including phenoxy) is 1. The molecule has 0 aliphatic carbocycles. The van der Waals surface area contributed by atoms with Crippen molar-refractivity contribution in [2.45, 2.75) is 26.2 Å². The lowest BCUT2D eigenvalue weighted by Crippen LogP contribution is -2.31. The Balaban J connectivity index is 1.65. The van der Waals surface area contributed by atoms with Gasteiger partial charge in [-0.2, -0.15) is 4.98 Å². The molecule has 1 N–H and O–H groups in total. The van der Waals surface area contributed by atoms with E-state index >= 15 is 0 Å². The number of aromatic nitrogens is 2. The molecule has 1 saturated heterocycles. The molecule has 5 heteroatoms. The zero-order valence-electron chi connectivity index (χ0n) is 16.3. The first-order valence-electron chi connectivity index (χ1n) is 10.0. The maximum atomic E-state index is 5.53. The number of piperidine rings is 1. The fourth-order valence-corrected chi connectivity index (χ4v) is 3.44. The highest BCUT2D eigenvalue weighted by atomic mass is 16.5. The first-order valence-corrected chi connectivity index (χ1v) is 10.0. The van der Waals surface area contributed by atoms with Gasteiger partial charge in [0.1, 0.15) is 11.6 Å². The minimum Gasteiger partial charge on any atom is -0.494 e. The summed E-state index contributed by atoms with van der Waals surface area (Å²) in [6, 6.07) is 20.2. The van der Waals surface area contributed by atoms with Gasteiger partial charge in [-0.3, -0.25) is 0 Å². The Kier molecular flexibility index (Phi) is 5.71. The predicted octanol–water partition coefficient (Wildman–Crippen LogP) is 5.28. The molecule has 0 unspecified atom stereocenters. The molecular formula is C23H26N4O. The topological polar surface area (TPSA) is 50.3 Å². The van der Waals surface area contributed by atoms with Crippen molar-refractivity contribution in [2.75, 3.05) is 29.9 Å². The Morgan fingerprint density at radius 3 is 2.39 bits per heavy atom. The van der Waals surface area contributed by atoms with Crippen molar-refractivity contribution >= 4 is 17.5 Å². The summed E-state index contributed by atoms with van der Waals surface area (Å²) in [7, 11) is 0. The average Bonchev–Trinajstić information content (AvgIpc) is 2.76. The molecule has 28 heavy (non-hydrogen) atoms. The number of benzene rings is 2. The summed E-state index contributed by atoms with van der Waals surface area (Å²) in [6.45, 7) is 4.68. The Hall–Kier alpha value is -3.08. The molecular weight excluding hydrogens is 348 g/mol. The molecule has 0 atom stereocenters. The van der Waals surface area contributed by atoms with E-state index in [1.54, 1.807) is 0 Å². The third-order valence-corrected chi connectivity index (χ3v) is 4.86. The number of anilines is 3. The van der Waals surface area contributed by atoms with Crippen LogP contribution >= 0.6 is 0 Å². The third-order valence-electron chi connectivity index (χ3n) is 4.86. The van der Waals surface area contributed by atoms with Crippen LogP contribution in [0.3, 0.4) is 0 Å². The summed E-state index contributed by atoms with van der Waals surface area (Å²) in [5.41, 5.74) is 3.01. The SMILES string of the molecule is CCOc1ccc(Nc2cc(-c3ccccc3)nc(N3CCCCC3)n2)cc1. The van der Waals surface area contributed by atoms with E-state index in [1.165, 1.54) is 19.3 Å². The van der Waals surface area contributed by atoms with Crippen LogP contribution in [0.1, 0.15) is 26.2 Å². The number of hydrogen-bond acceptors (Lipinski definition) is 5. The van der Waals surface area contributed by atoms with Crippen LogP contribution in [0.4, 0.5) is 17.5 Å². The molecule has 0 amide bonds. The van der Waals surface area contributed by atoms with Gasteiger partial charge in [-0.05, 0) is 50.5 Å². The molecule has 0 radical (unpaired) electrons. The molecule has 2 aromatic carbocycles. The number of hydrogen-bond donors (Lipinski definition) is 1. The van der Waals surface area contributed by atoms with Crippen molar-refractivity contribution in [2.24, 2.45) is 0 Å². The summed E-state index contributed by atoms with van der Waals surface area (Å²) >= 11 is 0. The van der Waals surface area contributed by atoms with Gasteiger partial charge in [-0.15, -0.1) is 0 Å². The summed E-state index contributed by atoms with van der Waals surface area (Å²) in [5.74, 6) is 2.47.